The molecule has 0 amide bonds. The standard InChI is InChI=1S/C53H111N3/c1-9-12-15-18-21-24-27-30-37-44-51(4)56(49-42-35-33-40-47-54-52(5,6)45-38-31-28-25-22-19-16-13-10-2)50-43-36-34-41-48-55-53(7,8)46-39-32-29-26-23-20-17-14-11-3/h51,54-55H,9-50H2,1-8H3. The van der Waals surface area contributed by atoms with Gasteiger partial charge >= 0.3 is 0 Å². The van der Waals surface area contributed by atoms with Crippen LogP contribution in [0.15, 0.2) is 0 Å². The van der Waals surface area contributed by atoms with Crippen LogP contribution >= 0.6 is 0 Å². The van der Waals surface area contributed by atoms with E-state index in [0.29, 0.717) is 11.1 Å². The molecule has 0 aromatic rings. The van der Waals surface area contributed by atoms with Crippen molar-refractivity contribution >= 4 is 0 Å². The third-order valence-electron chi connectivity index (χ3n) is 13.1. The van der Waals surface area contributed by atoms with Gasteiger partial charge in [-0.25, -0.2) is 0 Å². The third kappa shape index (κ3) is 40.7. The maximum atomic E-state index is 3.92. The highest BCUT2D eigenvalue weighted by Crippen LogP contribution is 2.20. The Hall–Kier alpha value is -0.120. The van der Waals surface area contributed by atoms with E-state index < -0.39 is 0 Å². The topological polar surface area (TPSA) is 27.3 Å². The van der Waals surface area contributed by atoms with Gasteiger partial charge in [0.1, 0.15) is 0 Å². The van der Waals surface area contributed by atoms with Crippen LogP contribution in [0.5, 0.6) is 0 Å². The predicted octanol–water partition coefficient (Wildman–Crippen LogP) is 17.3. The second-order valence-corrected chi connectivity index (χ2v) is 20.1. The van der Waals surface area contributed by atoms with Crippen molar-refractivity contribution < 1.29 is 0 Å². The number of hydrogen-bond acceptors (Lipinski definition) is 3. The van der Waals surface area contributed by atoms with E-state index in [2.05, 4.69) is 70.9 Å². The van der Waals surface area contributed by atoms with Crippen LogP contribution in [0.4, 0.5) is 0 Å². The Labute approximate surface area is 357 Å². The molecular weight excluding hydrogens is 679 g/mol. The second-order valence-electron chi connectivity index (χ2n) is 20.1. The molecular formula is C53H111N3. The molecule has 2 N–H and O–H groups in total. The van der Waals surface area contributed by atoms with Crippen molar-refractivity contribution in [3.63, 3.8) is 0 Å². The SMILES string of the molecule is CCCCCCCCCCCC(C)N(CCCCCCNC(C)(C)CCCCCCCCCCC)CCCCCCNC(C)(C)CCCCCCCCCCC. The van der Waals surface area contributed by atoms with E-state index in [1.54, 1.807) is 0 Å². The smallest absolute Gasteiger partial charge is 0.0125 e. The van der Waals surface area contributed by atoms with Gasteiger partial charge in [-0.3, -0.25) is 0 Å². The molecule has 56 heavy (non-hydrogen) atoms. The lowest BCUT2D eigenvalue weighted by Gasteiger charge is -2.30. The van der Waals surface area contributed by atoms with Crippen LogP contribution < -0.4 is 10.6 Å². The first-order valence-electron chi connectivity index (χ1n) is 26.4. The van der Waals surface area contributed by atoms with Crippen molar-refractivity contribution in [1.82, 2.24) is 15.5 Å². The van der Waals surface area contributed by atoms with Crippen LogP contribution in [0.25, 0.3) is 0 Å². The molecule has 0 aliphatic rings. The Morgan fingerprint density at radius 3 is 0.946 bits per heavy atom. The zero-order valence-electron chi connectivity index (χ0n) is 40.7. The summed E-state index contributed by atoms with van der Waals surface area (Å²) in [6.07, 6.45) is 53.6. The molecule has 0 saturated heterocycles. The van der Waals surface area contributed by atoms with Crippen molar-refractivity contribution in [3.8, 4) is 0 Å². The largest absolute Gasteiger partial charge is 0.312 e. The van der Waals surface area contributed by atoms with Gasteiger partial charge in [0.25, 0.3) is 0 Å². The minimum absolute atomic E-state index is 0.293. The molecule has 0 spiro atoms. The van der Waals surface area contributed by atoms with Gasteiger partial charge in [0, 0.05) is 17.1 Å². The summed E-state index contributed by atoms with van der Waals surface area (Å²) in [4.78, 5) is 2.89. The number of unbranched alkanes of at least 4 members (excludes halogenated alkanes) is 30. The summed E-state index contributed by atoms with van der Waals surface area (Å²) < 4.78 is 0. The van der Waals surface area contributed by atoms with E-state index >= 15 is 0 Å². The Morgan fingerprint density at radius 1 is 0.339 bits per heavy atom. The van der Waals surface area contributed by atoms with E-state index in [1.165, 1.54) is 270 Å². The van der Waals surface area contributed by atoms with Gasteiger partial charge in [-0.1, -0.05) is 220 Å². The van der Waals surface area contributed by atoms with Crippen LogP contribution in [-0.4, -0.2) is 48.2 Å². The second kappa shape index (κ2) is 41.6. The van der Waals surface area contributed by atoms with E-state index in [1.807, 2.05) is 0 Å². The molecule has 1 unspecified atom stereocenters. The molecule has 0 rings (SSSR count). The number of rotatable bonds is 47. The summed E-state index contributed by atoms with van der Waals surface area (Å²) in [7, 11) is 0. The van der Waals surface area contributed by atoms with Gasteiger partial charge in [0.15, 0.2) is 0 Å². The van der Waals surface area contributed by atoms with Crippen LogP contribution in [-0.2, 0) is 0 Å². The lowest BCUT2D eigenvalue weighted by Crippen LogP contribution is -2.39. The minimum Gasteiger partial charge on any atom is -0.312 e. The van der Waals surface area contributed by atoms with Crippen LogP contribution in [0, 0.1) is 0 Å². The molecule has 0 aliphatic heterocycles. The molecule has 0 bridgehead atoms. The van der Waals surface area contributed by atoms with Crippen LogP contribution in [0.3, 0.4) is 0 Å². The molecule has 338 valence electrons. The molecule has 3 heteroatoms. The zero-order chi connectivity index (χ0) is 41.3. The Bertz CT molecular complexity index is 699. The summed E-state index contributed by atoms with van der Waals surface area (Å²) in [5, 5.41) is 7.83. The van der Waals surface area contributed by atoms with E-state index in [4.69, 9.17) is 0 Å². The van der Waals surface area contributed by atoms with Gasteiger partial charge in [-0.15, -0.1) is 0 Å². The first-order chi connectivity index (χ1) is 27.2. The quantitative estimate of drug-likeness (QED) is 0.0601. The van der Waals surface area contributed by atoms with E-state index in [-0.39, 0.29) is 0 Å². The maximum Gasteiger partial charge on any atom is 0.0125 e. The molecule has 0 aliphatic carbocycles. The molecule has 0 fully saturated rings. The summed E-state index contributed by atoms with van der Waals surface area (Å²) in [6.45, 7) is 24.2. The summed E-state index contributed by atoms with van der Waals surface area (Å²) in [5.74, 6) is 0. The molecule has 3 nitrogen and oxygen atoms in total. The Balaban J connectivity index is 4.32. The van der Waals surface area contributed by atoms with Crippen molar-refractivity contribution in [1.29, 1.82) is 0 Å². The molecule has 1 atom stereocenters. The van der Waals surface area contributed by atoms with Crippen LogP contribution in [0.2, 0.25) is 0 Å². The highest BCUT2D eigenvalue weighted by molar-refractivity contribution is 4.78. The van der Waals surface area contributed by atoms with Gasteiger partial charge in [-0.2, -0.15) is 0 Å². The molecule has 0 aromatic carbocycles. The number of nitrogens with one attached hydrogen (secondary N) is 2. The molecule has 0 radical (unpaired) electrons. The van der Waals surface area contributed by atoms with Crippen molar-refractivity contribution in [2.45, 2.75) is 317 Å². The summed E-state index contributed by atoms with van der Waals surface area (Å²) in [5.41, 5.74) is 0.586. The summed E-state index contributed by atoms with van der Waals surface area (Å²) in [6, 6.07) is 0.742. The molecule has 0 saturated carbocycles. The highest BCUT2D eigenvalue weighted by atomic mass is 15.1. The third-order valence-corrected chi connectivity index (χ3v) is 13.1. The molecule has 0 heterocycles. The highest BCUT2D eigenvalue weighted by Gasteiger charge is 2.17. The molecule has 0 aromatic heterocycles. The van der Waals surface area contributed by atoms with Gasteiger partial charge < -0.3 is 15.5 Å². The van der Waals surface area contributed by atoms with Gasteiger partial charge in [0.05, 0.1) is 0 Å². The fourth-order valence-corrected chi connectivity index (χ4v) is 8.86. The number of hydrogen-bond donors (Lipinski definition) is 2. The van der Waals surface area contributed by atoms with Crippen molar-refractivity contribution in [2.75, 3.05) is 26.2 Å². The maximum absolute atomic E-state index is 3.92. The number of nitrogens with zero attached hydrogens (tertiary/aromatic N) is 1. The van der Waals surface area contributed by atoms with Crippen molar-refractivity contribution in [2.24, 2.45) is 0 Å². The van der Waals surface area contributed by atoms with Gasteiger partial charge in [-0.05, 0) is 106 Å². The first-order valence-corrected chi connectivity index (χ1v) is 26.4. The summed E-state index contributed by atoms with van der Waals surface area (Å²) >= 11 is 0. The fraction of sp³-hybridized carbons (Fsp3) is 1.00. The monoisotopic (exact) mass is 790 g/mol. The fourth-order valence-electron chi connectivity index (χ4n) is 8.86. The van der Waals surface area contributed by atoms with Crippen molar-refractivity contribution in [3.05, 3.63) is 0 Å². The predicted molar refractivity (Wildman–Crippen MR) is 258 cm³/mol. The van der Waals surface area contributed by atoms with Gasteiger partial charge in [0.2, 0.25) is 0 Å². The van der Waals surface area contributed by atoms with E-state index in [0.717, 1.165) is 6.04 Å². The first kappa shape index (κ1) is 55.9. The zero-order valence-corrected chi connectivity index (χ0v) is 40.7. The lowest BCUT2D eigenvalue weighted by atomic mass is 9.95. The average Bonchev–Trinajstić information content (AvgIpc) is 3.17. The average molecular weight is 790 g/mol. The Kier molecular flexibility index (Phi) is 41.5. The minimum atomic E-state index is 0.293. The van der Waals surface area contributed by atoms with Crippen LogP contribution in [0.1, 0.15) is 299 Å². The normalized spacial score (nSPS) is 13.0. The van der Waals surface area contributed by atoms with E-state index in [9.17, 15) is 0 Å². The lowest BCUT2D eigenvalue weighted by molar-refractivity contribution is 0.187. The Morgan fingerprint density at radius 2 is 0.607 bits per heavy atom.